The van der Waals surface area contributed by atoms with Crippen molar-refractivity contribution in [3.8, 4) is 0 Å². The Kier molecular flexibility index (Phi) is 7.43. The lowest BCUT2D eigenvalue weighted by Gasteiger charge is -2.29. The summed E-state index contributed by atoms with van der Waals surface area (Å²) in [5, 5.41) is 11.7. The molecule has 0 aliphatic carbocycles. The SMILES string of the molecule is CCN(CC)CCN1C(=O)C(O)=C(C(=O)c2cc3cc(Br)ccc3o2)C1c1ccc(C(C)(C)C)cc1. The van der Waals surface area contributed by atoms with E-state index in [-0.39, 0.29) is 16.7 Å². The standard InChI is InChI=1S/C29H33BrN2O4/c1-6-31(7-2)14-15-32-25(18-8-10-20(11-9-18)29(3,4)5)24(27(34)28(32)35)26(33)23-17-19-16-21(30)12-13-22(19)36-23/h8-13,16-17,25,34H,6-7,14-15H2,1-5H3. The van der Waals surface area contributed by atoms with Crippen molar-refractivity contribution in [2.24, 2.45) is 0 Å². The van der Waals surface area contributed by atoms with Gasteiger partial charge in [-0.05, 0) is 53.9 Å². The van der Waals surface area contributed by atoms with Gasteiger partial charge < -0.3 is 19.3 Å². The number of fused-ring (bicyclic) bond motifs is 1. The highest BCUT2D eigenvalue weighted by Gasteiger charge is 2.44. The van der Waals surface area contributed by atoms with Crippen LogP contribution in [-0.4, -0.2) is 52.8 Å². The second-order valence-corrected chi connectivity index (χ2v) is 11.1. The lowest BCUT2D eigenvalue weighted by molar-refractivity contribution is -0.129. The fourth-order valence-corrected chi connectivity index (χ4v) is 5.05. The first kappa shape index (κ1) is 26.2. The molecular formula is C29H33BrN2O4. The third-order valence-electron chi connectivity index (χ3n) is 6.89. The molecule has 1 amide bonds. The highest BCUT2D eigenvalue weighted by Crippen LogP contribution is 2.40. The van der Waals surface area contributed by atoms with Gasteiger partial charge in [0.2, 0.25) is 5.78 Å². The highest BCUT2D eigenvalue weighted by atomic mass is 79.9. The van der Waals surface area contributed by atoms with E-state index in [0.29, 0.717) is 18.7 Å². The summed E-state index contributed by atoms with van der Waals surface area (Å²) in [5.74, 6) is -1.43. The van der Waals surface area contributed by atoms with Crippen LogP contribution in [0.1, 0.15) is 62.3 Å². The molecule has 0 saturated heterocycles. The molecule has 7 heteroatoms. The average molecular weight is 553 g/mol. The lowest BCUT2D eigenvalue weighted by atomic mass is 9.85. The van der Waals surface area contributed by atoms with E-state index in [0.717, 1.165) is 34.1 Å². The molecule has 1 atom stereocenters. The molecule has 1 N–H and O–H groups in total. The number of carbonyl (C=O) groups excluding carboxylic acids is 2. The Hall–Kier alpha value is -2.90. The smallest absolute Gasteiger partial charge is 0.290 e. The van der Waals surface area contributed by atoms with Crippen molar-refractivity contribution in [1.82, 2.24) is 9.80 Å². The average Bonchev–Trinajstić information content (AvgIpc) is 3.37. The topological polar surface area (TPSA) is 74.0 Å². The summed E-state index contributed by atoms with van der Waals surface area (Å²) in [6, 6.07) is 14.4. The van der Waals surface area contributed by atoms with Crippen LogP contribution in [0.15, 0.2) is 68.8 Å². The minimum Gasteiger partial charge on any atom is -0.503 e. The van der Waals surface area contributed by atoms with E-state index in [1.165, 1.54) is 0 Å². The number of carbonyl (C=O) groups is 2. The second-order valence-electron chi connectivity index (χ2n) is 10.2. The van der Waals surface area contributed by atoms with Crippen LogP contribution in [0, 0.1) is 0 Å². The molecular weight excluding hydrogens is 520 g/mol. The molecule has 36 heavy (non-hydrogen) atoms. The molecule has 1 aromatic heterocycles. The summed E-state index contributed by atoms with van der Waals surface area (Å²) in [6.45, 7) is 13.3. The zero-order valence-corrected chi connectivity index (χ0v) is 23.1. The molecule has 1 aliphatic rings. The zero-order valence-electron chi connectivity index (χ0n) is 21.5. The second kappa shape index (κ2) is 10.2. The molecule has 1 aliphatic heterocycles. The number of hydrogen-bond acceptors (Lipinski definition) is 5. The zero-order chi connectivity index (χ0) is 26.2. The largest absolute Gasteiger partial charge is 0.503 e. The number of aliphatic hydroxyl groups is 1. The molecule has 0 fully saturated rings. The minimum atomic E-state index is -0.700. The summed E-state index contributed by atoms with van der Waals surface area (Å²) in [5.41, 5.74) is 2.51. The Morgan fingerprint density at radius 2 is 1.75 bits per heavy atom. The lowest BCUT2D eigenvalue weighted by Crippen LogP contribution is -2.38. The molecule has 190 valence electrons. The number of hydrogen-bond donors (Lipinski definition) is 1. The van der Waals surface area contributed by atoms with Gasteiger partial charge in [0.15, 0.2) is 11.5 Å². The van der Waals surface area contributed by atoms with E-state index < -0.39 is 23.5 Å². The van der Waals surface area contributed by atoms with Crippen LogP contribution in [0.25, 0.3) is 11.0 Å². The third-order valence-corrected chi connectivity index (χ3v) is 7.39. The normalized spacial score (nSPS) is 16.6. The summed E-state index contributed by atoms with van der Waals surface area (Å²) in [4.78, 5) is 30.8. The van der Waals surface area contributed by atoms with Crippen molar-refractivity contribution < 1.29 is 19.1 Å². The molecule has 1 unspecified atom stereocenters. The summed E-state index contributed by atoms with van der Waals surface area (Å²) in [7, 11) is 0. The van der Waals surface area contributed by atoms with Gasteiger partial charge in [0.25, 0.3) is 5.91 Å². The molecule has 6 nitrogen and oxygen atoms in total. The Labute approximate surface area is 220 Å². The van der Waals surface area contributed by atoms with Crippen LogP contribution in [0.2, 0.25) is 0 Å². The number of rotatable bonds is 8. The van der Waals surface area contributed by atoms with Crippen molar-refractivity contribution in [2.45, 2.75) is 46.1 Å². The number of benzene rings is 2. The Balaban J connectivity index is 1.76. The van der Waals surface area contributed by atoms with E-state index in [4.69, 9.17) is 4.42 Å². The van der Waals surface area contributed by atoms with Gasteiger partial charge in [-0.2, -0.15) is 0 Å². The maximum Gasteiger partial charge on any atom is 0.290 e. The molecule has 0 bridgehead atoms. The van der Waals surface area contributed by atoms with Crippen LogP contribution >= 0.6 is 15.9 Å². The molecule has 2 aromatic carbocycles. The summed E-state index contributed by atoms with van der Waals surface area (Å²) >= 11 is 3.44. The van der Waals surface area contributed by atoms with E-state index in [9.17, 15) is 14.7 Å². The number of furan rings is 1. The third kappa shape index (κ3) is 5.00. The van der Waals surface area contributed by atoms with Gasteiger partial charge in [0.1, 0.15) is 5.58 Å². The number of Topliss-reactive ketones (excluding diaryl/α,β-unsaturated/α-hetero) is 1. The van der Waals surface area contributed by atoms with Crippen LogP contribution in [0.5, 0.6) is 0 Å². The Morgan fingerprint density at radius 1 is 1.08 bits per heavy atom. The van der Waals surface area contributed by atoms with E-state index in [1.807, 2.05) is 36.4 Å². The number of ketones is 1. The molecule has 0 radical (unpaired) electrons. The highest BCUT2D eigenvalue weighted by molar-refractivity contribution is 9.10. The predicted octanol–water partition coefficient (Wildman–Crippen LogP) is 6.41. The van der Waals surface area contributed by atoms with Crippen LogP contribution in [0.4, 0.5) is 0 Å². The number of amides is 1. The van der Waals surface area contributed by atoms with E-state index in [2.05, 4.69) is 55.4 Å². The van der Waals surface area contributed by atoms with Crippen molar-refractivity contribution in [2.75, 3.05) is 26.2 Å². The van der Waals surface area contributed by atoms with Gasteiger partial charge in [-0.15, -0.1) is 0 Å². The van der Waals surface area contributed by atoms with Crippen molar-refractivity contribution in [3.63, 3.8) is 0 Å². The van der Waals surface area contributed by atoms with Gasteiger partial charge in [-0.3, -0.25) is 9.59 Å². The number of nitrogens with zero attached hydrogens (tertiary/aromatic N) is 2. The van der Waals surface area contributed by atoms with Crippen LogP contribution < -0.4 is 0 Å². The quantitative estimate of drug-likeness (QED) is 0.326. The van der Waals surface area contributed by atoms with Crippen LogP contribution in [-0.2, 0) is 10.2 Å². The molecule has 0 saturated carbocycles. The van der Waals surface area contributed by atoms with Crippen molar-refractivity contribution >= 4 is 38.6 Å². The fraction of sp³-hybridized carbons (Fsp3) is 0.379. The van der Waals surface area contributed by atoms with Crippen molar-refractivity contribution in [3.05, 3.63) is 81.2 Å². The van der Waals surface area contributed by atoms with Gasteiger partial charge in [0.05, 0.1) is 11.6 Å². The molecule has 4 rings (SSSR count). The number of aliphatic hydroxyl groups excluding tert-OH is 1. The van der Waals surface area contributed by atoms with Crippen molar-refractivity contribution in [1.29, 1.82) is 0 Å². The van der Waals surface area contributed by atoms with Gasteiger partial charge in [-0.25, -0.2) is 0 Å². The number of halogens is 1. The Bertz CT molecular complexity index is 1310. The minimum absolute atomic E-state index is 0.0361. The first-order chi connectivity index (χ1) is 17.0. The number of likely N-dealkylation sites (N-methyl/N-ethyl adjacent to an activating group) is 1. The van der Waals surface area contributed by atoms with Gasteiger partial charge in [0, 0.05) is 22.9 Å². The molecule has 0 spiro atoms. The van der Waals surface area contributed by atoms with E-state index >= 15 is 0 Å². The first-order valence-corrected chi connectivity index (χ1v) is 13.1. The van der Waals surface area contributed by atoms with E-state index in [1.54, 1.807) is 17.0 Å². The molecule has 2 heterocycles. The fourth-order valence-electron chi connectivity index (χ4n) is 4.68. The van der Waals surface area contributed by atoms with Crippen LogP contribution in [0.3, 0.4) is 0 Å². The monoisotopic (exact) mass is 552 g/mol. The van der Waals surface area contributed by atoms with Gasteiger partial charge in [-0.1, -0.05) is 74.8 Å². The predicted molar refractivity (Wildman–Crippen MR) is 145 cm³/mol. The summed E-state index contributed by atoms with van der Waals surface area (Å²) in [6.07, 6.45) is 0. The molecule has 3 aromatic rings. The first-order valence-electron chi connectivity index (χ1n) is 12.4. The maximum absolute atomic E-state index is 13.8. The maximum atomic E-state index is 13.8. The summed E-state index contributed by atoms with van der Waals surface area (Å²) < 4.78 is 6.71. The van der Waals surface area contributed by atoms with Gasteiger partial charge >= 0.3 is 0 Å². The Morgan fingerprint density at radius 3 is 2.36 bits per heavy atom.